The Morgan fingerprint density at radius 1 is 1.60 bits per heavy atom. The summed E-state index contributed by atoms with van der Waals surface area (Å²) in [5.41, 5.74) is 0.642. The summed E-state index contributed by atoms with van der Waals surface area (Å²) in [5, 5.41) is 8.74. The Morgan fingerprint density at radius 2 is 2.40 bits per heavy atom. The van der Waals surface area contributed by atoms with Crippen molar-refractivity contribution in [1.82, 2.24) is 4.90 Å². The number of hydrogen-bond donors (Lipinski definition) is 1. The molecular formula is C15H16FNO3. The average molecular weight is 277 g/mol. The molecule has 1 N–H and O–H groups in total. The van der Waals surface area contributed by atoms with Crippen LogP contribution in [0.1, 0.15) is 22.8 Å². The number of amides is 1. The number of halogens is 1. The fourth-order valence-electron chi connectivity index (χ4n) is 2.12. The minimum atomic E-state index is -0.459. The number of rotatable bonds is 1. The molecule has 1 aromatic rings. The van der Waals surface area contributed by atoms with Gasteiger partial charge in [-0.3, -0.25) is 4.79 Å². The molecule has 1 unspecified atom stereocenters. The second kappa shape index (κ2) is 6.51. The molecule has 1 atom stereocenters. The zero-order valence-electron chi connectivity index (χ0n) is 11.2. The molecule has 1 amide bonds. The Balaban J connectivity index is 2.33. The fourth-order valence-corrected chi connectivity index (χ4v) is 2.12. The lowest BCUT2D eigenvalue weighted by Gasteiger charge is -2.33. The third-order valence-corrected chi connectivity index (χ3v) is 3.14. The molecule has 0 radical (unpaired) electrons. The van der Waals surface area contributed by atoms with Gasteiger partial charge >= 0.3 is 0 Å². The van der Waals surface area contributed by atoms with Gasteiger partial charge in [0, 0.05) is 12.1 Å². The summed E-state index contributed by atoms with van der Waals surface area (Å²) in [6, 6.07) is 3.85. The van der Waals surface area contributed by atoms with Gasteiger partial charge in [-0.15, -0.1) is 0 Å². The topological polar surface area (TPSA) is 49.8 Å². The molecule has 0 aromatic heterocycles. The number of ether oxygens (including phenoxy) is 1. The minimum Gasteiger partial charge on any atom is -0.384 e. The Morgan fingerprint density at radius 3 is 3.10 bits per heavy atom. The summed E-state index contributed by atoms with van der Waals surface area (Å²) >= 11 is 0. The minimum absolute atomic E-state index is 0.0278. The van der Waals surface area contributed by atoms with Crippen molar-refractivity contribution >= 4 is 5.91 Å². The van der Waals surface area contributed by atoms with E-state index in [1.807, 2.05) is 6.92 Å². The average Bonchev–Trinajstić information content (AvgIpc) is 2.45. The molecule has 20 heavy (non-hydrogen) atoms. The van der Waals surface area contributed by atoms with Crippen LogP contribution in [0.2, 0.25) is 0 Å². The molecule has 1 aromatic carbocycles. The first-order valence-electron chi connectivity index (χ1n) is 6.41. The van der Waals surface area contributed by atoms with Crippen molar-refractivity contribution in [3.63, 3.8) is 0 Å². The number of benzene rings is 1. The van der Waals surface area contributed by atoms with E-state index in [1.54, 1.807) is 4.90 Å². The zero-order valence-corrected chi connectivity index (χ0v) is 11.2. The quantitative estimate of drug-likeness (QED) is 0.780. The smallest absolute Gasteiger partial charge is 0.255 e. The molecule has 4 nitrogen and oxygen atoms in total. The van der Waals surface area contributed by atoms with E-state index >= 15 is 0 Å². The Bertz CT molecular complexity index is 562. The molecule has 0 bridgehead atoms. The number of carbonyl (C=O) groups excluding carboxylic acids is 1. The number of aliphatic hydroxyl groups excluding tert-OH is 1. The van der Waals surface area contributed by atoms with Crippen LogP contribution in [0.3, 0.4) is 0 Å². The van der Waals surface area contributed by atoms with Crippen molar-refractivity contribution in [2.75, 3.05) is 26.4 Å². The standard InChI is InChI=1S/C15H16FNO3/c1-11-10-20-8-6-17(11)15(19)14-5-4-13(16)9-12(14)3-2-7-18/h4-5,9,11,18H,6-8,10H2,1H3. The van der Waals surface area contributed by atoms with Crippen LogP contribution in [-0.4, -0.2) is 48.3 Å². The van der Waals surface area contributed by atoms with Gasteiger partial charge in [-0.05, 0) is 25.1 Å². The highest BCUT2D eigenvalue weighted by atomic mass is 19.1. The van der Waals surface area contributed by atoms with Gasteiger partial charge in [0.1, 0.15) is 12.4 Å². The van der Waals surface area contributed by atoms with Crippen molar-refractivity contribution in [3.8, 4) is 11.8 Å². The first-order chi connectivity index (χ1) is 9.63. The predicted octanol–water partition coefficient (Wildman–Crippen LogP) is 1.03. The van der Waals surface area contributed by atoms with Gasteiger partial charge in [0.05, 0.1) is 24.8 Å². The summed E-state index contributed by atoms with van der Waals surface area (Å²) in [7, 11) is 0. The monoisotopic (exact) mass is 277 g/mol. The first-order valence-corrected chi connectivity index (χ1v) is 6.41. The van der Waals surface area contributed by atoms with Crippen molar-refractivity contribution in [1.29, 1.82) is 0 Å². The largest absolute Gasteiger partial charge is 0.384 e. The number of hydrogen-bond acceptors (Lipinski definition) is 3. The lowest BCUT2D eigenvalue weighted by Crippen LogP contribution is -2.47. The molecule has 1 aliphatic rings. The van der Waals surface area contributed by atoms with E-state index in [4.69, 9.17) is 9.84 Å². The van der Waals surface area contributed by atoms with Crippen LogP contribution in [-0.2, 0) is 4.74 Å². The van der Waals surface area contributed by atoms with Crippen LogP contribution in [0.25, 0.3) is 0 Å². The number of morpholine rings is 1. The van der Waals surface area contributed by atoms with E-state index < -0.39 is 5.82 Å². The fraction of sp³-hybridized carbons (Fsp3) is 0.400. The molecule has 0 aliphatic carbocycles. The molecule has 0 spiro atoms. The van der Waals surface area contributed by atoms with Crippen molar-refractivity contribution < 1.29 is 19.0 Å². The number of aliphatic hydroxyl groups is 1. The van der Waals surface area contributed by atoms with Gasteiger partial charge in [0.15, 0.2) is 0 Å². The molecule has 2 rings (SSSR count). The van der Waals surface area contributed by atoms with Gasteiger partial charge in [0.2, 0.25) is 0 Å². The van der Waals surface area contributed by atoms with Crippen LogP contribution in [0.4, 0.5) is 4.39 Å². The molecule has 0 saturated carbocycles. The molecule has 1 saturated heterocycles. The Hall–Kier alpha value is -1.90. The predicted molar refractivity (Wildman–Crippen MR) is 71.7 cm³/mol. The molecule has 5 heteroatoms. The highest BCUT2D eigenvalue weighted by Crippen LogP contribution is 2.16. The molecule has 1 heterocycles. The molecule has 106 valence electrons. The second-order valence-corrected chi connectivity index (χ2v) is 4.57. The van der Waals surface area contributed by atoms with Gasteiger partial charge < -0.3 is 14.7 Å². The first kappa shape index (κ1) is 14.5. The third-order valence-electron chi connectivity index (χ3n) is 3.14. The van der Waals surface area contributed by atoms with Crippen LogP contribution in [0, 0.1) is 17.7 Å². The van der Waals surface area contributed by atoms with Crippen molar-refractivity contribution in [2.24, 2.45) is 0 Å². The van der Waals surface area contributed by atoms with Gasteiger partial charge in [0.25, 0.3) is 5.91 Å². The van der Waals surface area contributed by atoms with Crippen LogP contribution < -0.4 is 0 Å². The summed E-state index contributed by atoms with van der Waals surface area (Å²) in [6.07, 6.45) is 0. The SMILES string of the molecule is CC1COCCN1C(=O)c1ccc(F)cc1C#CCO. The lowest BCUT2D eigenvalue weighted by atomic mass is 10.0. The maximum absolute atomic E-state index is 13.3. The van der Waals surface area contributed by atoms with Crippen molar-refractivity contribution in [3.05, 3.63) is 35.1 Å². The summed E-state index contributed by atoms with van der Waals surface area (Å²) in [5.74, 6) is 4.41. The van der Waals surface area contributed by atoms with Gasteiger partial charge in [-0.25, -0.2) is 4.39 Å². The van der Waals surface area contributed by atoms with E-state index in [0.717, 1.165) is 0 Å². The van der Waals surface area contributed by atoms with Gasteiger partial charge in [-0.1, -0.05) is 11.8 Å². The number of carbonyl (C=O) groups is 1. The lowest BCUT2D eigenvalue weighted by molar-refractivity contribution is 0.00357. The highest BCUT2D eigenvalue weighted by molar-refractivity contribution is 5.97. The molecule has 1 aliphatic heterocycles. The van der Waals surface area contributed by atoms with E-state index in [9.17, 15) is 9.18 Å². The highest BCUT2D eigenvalue weighted by Gasteiger charge is 2.26. The molecule has 1 fully saturated rings. The van der Waals surface area contributed by atoms with Crippen molar-refractivity contribution in [2.45, 2.75) is 13.0 Å². The molecular weight excluding hydrogens is 261 g/mol. The third kappa shape index (κ3) is 3.16. The van der Waals surface area contributed by atoms with E-state index in [2.05, 4.69) is 11.8 Å². The Kier molecular flexibility index (Phi) is 4.72. The normalized spacial score (nSPS) is 18.4. The maximum atomic E-state index is 13.3. The second-order valence-electron chi connectivity index (χ2n) is 4.57. The number of nitrogens with zero attached hydrogens (tertiary/aromatic N) is 1. The summed E-state index contributed by atoms with van der Waals surface area (Å²) in [6.45, 7) is 3.06. The van der Waals surface area contributed by atoms with Crippen LogP contribution in [0.15, 0.2) is 18.2 Å². The van der Waals surface area contributed by atoms with E-state index in [-0.39, 0.29) is 18.6 Å². The maximum Gasteiger partial charge on any atom is 0.255 e. The Labute approximate surface area is 117 Å². The van der Waals surface area contributed by atoms with E-state index in [1.165, 1.54) is 18.2 Å². The summed E-state index contributed by atoms with van der Waals surface area (Å²) < 4.78 is 18.6. The van der Waals surface area contributed by atoms with Gasteiger partial charge in [-0.2, -0.15) is 0 Å². The van der Waals surface area contributed by atoms with Crippen LogP contribution >= 0.6 is 0 Å². The zero-order chi connectivity index (χ0) is 14.5. The van der Waals surface area contributed by atoms with E-state index in [0.29, 0.717) is 30.9 Å². The van der Waals surface area contributed by atoms with Crippen LogP contribution in [0.5, 0.6) is 0 Å². The summed E-state index contributed by atoms with van der Waals surface area (Å²) in [4.78, 5) is 14.2.